The van der Waals surface area contributed by atoms with Crippen molar-refractivity contribution in [2.24, 2.45) is 0 Å². The molecule has 0 saturated carbocycles. The Morgan fingerprint density at radius 2 is 1.96 bits per heavy atom. The number of aryl methyl sites for hydroxylation is 1. The number of nitrogens with zero attached hydrogens (tertiary/aromatic N) is 1. The van der Waals surface area contributed by atoms with Crippen LogP contribution in [0.4, 0.5) is 4.79 Å². The molecule has 0 saturated heterocycles. The highest BCUT2D eigenvalue weighted by Crippen LogP contribution is 2.10. The lowest BCUT2D eigenvalue weighted by molar-refractivity contribution is -0.137. The van der Waals surface area contributed by atoms with Gasteiger partial charge in [0, 0.05) is 31.4 Å². The monoisotopic (exact) mass is 344 g/mol. The zero-order chi connectivity index (χ0) is 18.1. The summed E-state index contributed by atoms with van der Waals surface area (Å²) >= 11 is 0. The fourth-order valence-corrected chi connectivity index (χ4v) is 2.55. The van der Waals surface area contributed by atoms with Crippen LogP contribution in [-0.4, -0.2) is 27.8 Å². The zero-order valence-corrected chi connectivity index (χ0v) is 14.4. The highest BCUT2D eigenvalue weighted by Gasteiger charge is 2.16. The van der Waals surface area contributed by atoms with Crippen LogP contribution >= 0.6 is 0 Å². The Kier molecular flexibility index (Phi) is 7.07. The van der Waals surface area contributed by atoms with Gasteiger partial charge in [0.15, 0.2) is 0 Å². The average Bonchev–Trinajstić information content (AvgIpc) is 3.06. The summed E-state index contributed by atoms with van der Waals surface area (Å²) in [5, 5.41) is 11.7. The normalized spacial score (nSPS) is 11.7. The fourth-order valence-electron chi connectivity index (χ4n) is 2.55. The van der Waals surface area contributed by atoms with Crippen LogP contribution in [-0.2, 0) is 29.1 Å². The zero-order valence-electron chi connectivity index (χ0n) is 14.4. The van der Waals surface area contributed by atoms with Gasteiger partial charge in [0.1, 0.15) is 6.61 Å². The van der Waals surface area contributed by atoms with Crippen molar-refractivity contribution < 1.29 is 19.4 Å². The molecule has 0 aliphatic carbocycles. The molecular weight excluding hydrogens is 320 g/mol. The van der Waals surface area contributed by atoms with Crippen LogP contribution in [0.3, 0.4) is 0 Å². The molecule has 6 nitrogen and oxygen atoms in total. The Morgan fingerprint density at radius 3 is 2.60 bits per heavy atom. The summed E-state index contributed by atoms with van der Waals surface area (Å²) in [6.45, 7) is 3.10. The number of carbonyl (C=O) groups excluding carboxylic acids is 1. The van der Waals surface area contributed by atoms with E-state index >= 15 is 0 Å². The van der Waals surface area contributed by atoms with E-state index in [0.717, 1.165) is 17.7 Å². The Labute approximate surface area is 147 Å². The third-order valence-electron chi connectivity index (χ3n) is 3.90. The van der Waals surface area contributed by atoms with E-state index in [0.29, 0.717) is 12.8 Å². The Balaban J connectivity index is 1.89. The molecule has 0 aliphatic rings. The number of benzene rings is 1. The van der Waals surface area contributed by atoms with Crippen molar-refractivity contribution in [1.29, 1.82) is 0 Å². The molecule has 0 bridgehead atoms. The topological polar surface area (TPSA) is 80.6 Å². The molecule has 1 aromatic carbocycles. The minimum Gasteiger partial charge on any atom is -0.481 e. The first kappa shape index (κ1) is 18.6. The molecule has 6 heteroatoms. The molecule has 1 aromatic heterocycles. The van der Waals surface area contributed by atoms with Gasteiger partial charge in [-0.05, 0) is 37.0 Å². The lowest BCUT2D eigenvalue weighted by Gasteiger charge is -2.17. The maximum atomic E-state index is 12.0. The highest BCUT2D eigenvalue weighted by atomic mass is 16.5. The number of hydrogen-bond donors (Lipinski definition) is 2. The summed E-state index contributed by atoms with van der Waals surface area (Å²) < 4.78 is 7.27. The van der Waals surface area contributed by atoms with Crippen molar-refractivity contribution >= 4 is 12.1 Å². The quantitative estimate of drug-likeness (QED) is 0.732. The van der Waals surface area contributed by atoms with Crippen LogP contribution in [0.1, 0.15) is 30.9 Å². The minimum atomic E-state index is -0.879. The first-order valence-electron chi connectivity index (χ1n) is 8.40. The first-order chi connectivity index (χ1) is 12.1. The summed E-state index contributed by atoms with van der Waals surface area (Å²) in [7, 11) is 0. The van der Waals surface area contributed by atoms with Gasteiger partial charge < -0.3 is 19.7 Å². The Hall–Kier alpha value is -2.76. The molecule has 25 heavy (non-hydrogen) atoms. The lowest BCUT2D eigenvalue weighted by atomic mass is 10.0. The average molecular weight is 344 g/mol. The van der Waals surface area contributed by atoms with Gasteiger partial charge >= 0.3 is 12.1 Å². The van der Waals surface area contributed by atoms with E-state index in [1.165, 1.54) is 0 Å². The number of amides is 1. The van der Waals surface area contributed by atoms with E-state index in [2.05, 4.69) is 5.32 Å². The fraction of sp³-hybridized carbons (Fsp3) is 0.368. The van der Waals surface area contributed by atoms with Gasteiger partial charge in [0.25, 0.3) is 0 Å². The van der Waals surface area contributed by atoms with Gasteiger partial charge in [0.05, 0.1) is 0 Å². The highest BCUT2D eigenvalue weighted by molar-refractivity contribution is 5.68. The number of ether oxygens (including phenoxy) is 1. The summed E-state index contributed by atoms with van der Waals surface area (Å²) in [6, 6.07) is 11.1. The smallest absolute Gasteiger partial charge is 0.407 e. The molecule has 1 amide bonds. The third-order valence-corrected chi connectivity index (χ3v) is 3.90. The van der Waals surface area contributed by atoms with Gasteiger partial charge in [-0.2, -0.15) is 0 Å². The number of nitrogens with one attached hydrogen (secondary N) is 1. The maximum absolute atomic E-state index is 12.0. The van der Waals surface area contributed by atoms with Crippen LogP contribution in [0.2, 0.25) is 0 Å². The molecule has 2 aromatic rings. The van der Waals surface area contributed by atoms with Crippen molar-refractivity contribution in [1.82, 2.24) is 9.88 Å². The van der Waals surface area contributed by atoms with E-state index in [1.54, 1.807) is 0 Å². The van der Waals surface area contributed by atoms with Crippen molar-refractivity contribution in [3.8, 4) is 0 Å². The summed E-state index contributed by atoms with van der Waals surface area (Å²) in [5.74, 6) is -0.879. The van der Waals surface area contributed by atoms with Gasteiger partial charge in [-0.25, -0.2) is 4.79 Å². The van der Waals surface area contributed by atoms with Crippen LogP contribution in [0.15, 0.2) is 48.8 Å². The number of aromatic nitrogens is 1. The van der Waals surface area contributed by atoms with Gasteiger partial charge in [-0.1, -0.05) is 30.3 Å². The molecule has 2 N–H and O–H groups in total. The molecular formula is C19H24N2O4. The largest absolute Gasteiger partial charge is 0.481 e. The third kappa shape index (κ3) is 6.71. The van der Waals surface area contributed by atoms with E-state index in [9.17, 15) is 9.59 Å². The molecule has 1 heterocycles. The molecule has 2 rings (SSSR count). The second-order valence-corrected chi connectivity index (χ2v) is 5.89. The van der Waals surface area contributed by atoms with Crippen LogP contribution in [0, 0.1) is 0 Å². The summed E-state index contributed by atoms with van der Waals surface area (Å²) in [5.41, 5.74) is 1.96. The number of aliphatic carboxylic acids is 1. The standard InChI is InChI=1S/C19H24N2O4/c1-2-21-11-10-16(13-21)12-17(8-9-18(22)23)20-19(24)25-14-15-6-4-3-5-7-15/h3-7,10-11,13,17H,2,8-9,12,14H2,1H3,(H,20,24)(H,22,23). The number of carbonyl (C=O) groups is 2. The van der Waals surface area contributed by atoms with E-state index in [1.807, 2.05) is 60.3 Å². The molecule has 1 unspecified atom stereocenters. The molecule has 134 valence electrons. The van der Waals surface area contributed by atoms with Crippen LogP contribution < -0.4 is 5.32 Å². The first-order valence-corrected chi connectivity index (χ1v) is 8.40. The number of hydrogen-bond acceptors (Lipinski definition) is 3. The van der Waals surface area contributed by atoms with Crippen LogP contribution in [0.5, 0.6) is 0 Å². The van der Waals surface area contributed by atoms with Crippen molar-refractivity contribution in [3.05, 3.63) is 59.9 Å². The van der Waals surface area contributed by atoms with Crippen molar-refractivity contribution in [2.45, 2.75) is 45.4 Å². The van der Waals surface area contributed by atoms with Crippen LogP contribution in [0.25, 0.3) is 0 Å². The van der Waals surface area contributed by atoms with Gasteiger partial charge in [0.2, 0.25) is 0 Å². The summed E-state index contributed by atoms with van der Waals surface area (Å²) in [6.07, 6.45) is 4.36. The second-order valence-electron chi connectivity index (χ2n) is 5.89. The number of alkyl carbamates (subject to hydrolysis) is 1. The Bertz CT molecular complexity index is 682. The minimum absolute atomic E-state index is 0.00187. The lowest BCUT2D eigenvalue weighted by Crippen LogP contribution is -2.37. The van der Waals surface area contributed by atoms with Crippen molar-refractivity contribution in [2.75, 3.05) is 0 Å². The number of rotatable bonds is 9. The molecule has 0 spiro atoms. The van der Waals surface area contributed by atoms with E-state index < -0.39 is 12.1 Å². The van der Waals surface area contributed by atoms with Gasteiger partial charge in [-0.15, -0.1) is 0 Å². The van der Waals surface area contributed by atoms with Gasteiger partial charge in [-0.3, -0.25) is 4.79 Å². The Morgan fingerprint density at radius 1 is 1.20 bits per heavy atom. The SMILES string of the molecule is CCn1ccc(CC(CCC(=O)O)NC(=O)OCc2ccccc2)c1. The van der Waals surface area contributed by atoms with E-state index in [4.69, 9.17) is 9.84 Å². The maximum Gasteiger partial charge on any atom is 0.407 e. The molecule has 0 radical (unpaired) electrons. The molecule has 1 atom stereocenters. The predicted octanol–water partition coefficient (Wildman–Crippen LogP) is 3.21. The second kappa shape index (κ2) is 9.52. The summed E-state index contributed by atoms with van der Waals surface area (Å²) in [4.78, 5) is 22.9. The van der Waals surface area contributed by atoms with Crippen molar-refractivity contribution in [3.63, 3.8) is 0 Å². The number of carboxylic acid groups (broad SMARTS) is 1. The van der Waals surface area contributed by atoms with E-state index in [-0.39, 0.29) is 19.1 Å². The predicted molar refractivity (Wildman–Crippen MR) is 94.2 cm³/mol. The molecule has 0 aliphatic heterocycles. The number of carboxylic acids is 1. The molecule has 0 fully saturated rings.